The molecule has 0 aliphatic carbocycles. The van der Waals surface area contributed by atoms with Crippen LogP contribution in [0.4, 0.5) is 10.1 Å². The van der Waals surface area contributed by atoms with Gasteiger partial charge in [-0.2, -0.15) is 0 Å². The lowest BCUT2D eigenvalue weighted by molar-refractivity contribution is 0.609. The van der Waals surface area contributed by atoms with Crippen LogP contribution >= 0.6 is 0 Å². The average Bonchev–Trinajstić information content (AvgIpc) is 2.40. The van der Waals surface area contributed by atoms with Gasteiger partial charge in [0.15, 0.2) is 0 Å². The second-order valence-electron chi connectivity index (χ2n) is 3.87. The van der Waals surface area contributed by atoms with Gasteiger partial charge in [0.1, 0.15) is 5.82 Å². The Morgan fingerprint density at radius 2 is 1.58 bits per heavy atom. The van der Waals surface area contributed by atoms with E-state index in [9.17, 15) is 12.8 Å². The normalized spacial score (nSPS) is 11.6. The lowest BCUT2D eigenvalue weighted by Gasteiger charge is -2.03. The van der Waals surface area contributed by atoms with E-state index in [0.29, 0.717) is 5.69 Å². The summed E-state index contributed by atoms with van der Waals surface area (Å²) in [6.07, 6.45) is 1.49. The molecule has 0 aliphatic rings. The standard InChI is InChI=1S/C14H12FNO2S/c15-13-6-8-14(9-7-13)16-19(17,18)11-10-12-4-2-1-3-5-12/h1-11,16H/b11-10+. The van der Waals surface area contributed by atoms with Crippen LogP contribution < -0.4 is 4.72 Å². The van der Waals surface area contributed by atoms with Crippen molar-refractivity contribution in [3.8, 4) is 0 Å². The van der Waals surface area contributed by atoms with Crippen molar-refractivity contribution in [3.05, 3.63) is 71.4 Å². The number of benzene rings is 2. The van der Waals surface area contributed by atoms with Crippen molar-refractivity contribution in [3.63, 3.8) is 0 Å². The van der Waals surface area contributed by atoms with Gasteiger partial charge in [0.25, 0.3) is 10.0 Å². The molecule has 0 saturated carbocycles. The number of hydrogen-bond donors (Lipinski definition) is 1. The highest BCUT2D eigenvalue weighted by Gasteiger charge is 2.05. The molecular formula is C14H12FNO2S. The SMILES string of the molecule is O=S(=O)(/C=C/c1ccccc1)Nc1ccc(F)cc1. The summed E-state index contributed by atoms with van der Waals surface area (Å²) in [5, 5.41) is 1.08. The average molecular weight is 277 g/mol. The fourth-order valence-electron chi connectivity index (χ4n) is 1.45. The lowest BCUT2D eigenvalue weighted by Crippen LogP contribution is -2.08. The second-order valence-corrected chi connectivity index (χ2v) is 5.43. The Labute approximate surface area is 111 Å². The zero-order valence-electron chi connectivity index (χ0n) is 9.95. The topological polar surface area (TPSA) is 46.2 Å². The highest BCUT2D eigenvalue weighted by atomic mass is 32.2. The molecule has 0 amide bonds. The van der Waals surface area contributed by atoms with Gasteiger partial charge in [-0.3, -0.25) is 4.72 Å². The zero-order chi connectivity index (χ0) is 13.7. The van der Waals surface area contributed by atoms with Crippen LogP contribution in [-0.2, 0) is 10.0 Å². The minimum Gasteiger partial charge on any atom is -0.280 e. The van der Waals surface area contributed by atoms with Gasteiger partial charge in [0.05, 0.1) is 5.41 Å². The van der Waals surface area contributed by atoms with Crippen molar-refractivity contribution in [2.24, 2.45) is 0 Å². The lowest BCUT2D eigenvalue weighted by atomic mass is 10.2. The Kier molecular flexibility index (Phi) is 3.97. The van der Waals surface area contributed by atoms with Crippen molar-refractivity contribution < 1.29 is 12.8 Å². The molecule has 0 unspecified atom stereocenters. The fraction of sp³-hybridized carbons (Fsp3) is 0. The number of nitrogens with one attached hydrogen (secondary N) is 1. The first-order valence-electron chi connectivity index (χ1n) is 5.57. The van der Waals surface area contributed by atoms with E-state index in [-0.39, 0.29) is 0 Å². The molecule has 0 spiro atoms. The van der Waals surface area contributed by atoms with Gasteiger partial charge >= 0.3 is 0 Å². The van der Waals surface area contributed by atoms with Crippen molar-refractivity contribution in [1.82, 2.24) is 0 Å². The van der Waals surface area contributed by atoms with Gasteiger partial charge in [-0.15, -0.1) is 0 Å². The van der Waals surface area contributed by atoms with Crippen molar-refractivity contribution in [2.75, 3.05) is 4.72 Å². The van der Waals surface area contributed by atoms with Gasteiger partial charge < -0.3 is 0 Å². The number of anilines is 1. The fourth-order valence-corrected chi connectivity index (χ4v) is 2.32. The molecule has 2 aromatic rings. The predicted octanol–water partition coefficient (Wildman–Crippen LogP) is 3.24. The maximum Gasteiger partial charge on any atom is 0.255 e. The molecule has 5 heteroatoms. The zero-order valence-corrected chi connectivity index (χ0v) is 10.8. The van der Waals surface area contributed by atoms with Gasteiger partial charge in [-0.05, 0) is 35.9 Å². The van der Waals surface area contributed by atoms with Crippen LogP contribution in [0.1, 0.15) is 5.56 Å². The quantitative estimate of drug-likeness (QED) is 0.932. The van der Waals surface area contributed by atoms with E-state index >= 15 is 0 Å². The molecule has 0 bridgehead atoms. The highest BCUT2D eigenvalue weighted by Crippen LogP contribution is 2.12. The minimum absolute atomic E-state index is 0.319. The Bertz CT molecular complexity index is 664. The summed E-state index contributed by atoms with van der Waals surface area (Å²) in [6, 6.07) is 14.2. The van der Waals surface area contributed by atoms with Gasteiger partial charge in [-0.25, -0.2) is 12.8 Å². The molecule has 98 valence electrons. The van der Waals surface area contributed by atoms with Crippen LogP contribution in [0.2, 0.25) is 0 Å². The molecule has 1 N–H and O–H groups in total. The molecule has 0 aliphatic heterocycles. The third-order valence-electron chi connectivity index (χ3n) is 2.34. The number of rotatable bonds is 4. The van der Waals surface area contributed by atoms with E-state index in [0.717, 1.165) is 11.0 Å². The molecule has 0 aromatic heterocycles. The predicted molar refractivity (Wildman–Crippen MR) is 74.4 cm³/mol. The van der Waals surface area contributed by atoms with Gasteiger partial charge in [-0.1, -0.05) is 30.3 Å². The van der Waals surface area contributed by atoms with Crippen LogP contribution in [-0.4, -0.2) is 8.42 Å². The van der Waals surface area contributed by atoms with Crippen LogP contribution in [0.5, 0.6) is 0 Å². The van der Waals surface area contributed by atoms with E-state index in [1.807, 2.05) is 18.2 Å². The molecule has 2 rings (SSSR count). The molecule has 2 aromatic carbocycles. The summed E-state index contributed by atoms with van der Waals surface area (Å²) in [7, 11) is -3.60. The maximum atomic E-state index is 12.7. The molecule has 0 fully saturated rings. The van der Waals surface area contributed by atoms with Crippen LogP contribution in [0, 0.1) is 5.82 Å². The second kappa shape index (κ2) is 5.67. The Hall–Kier alpha value is -2.14. The van der Waals surface area contributed by atoms with Crippen LogP contribution in [0.25, 0.3) is 6.08 Å². The van der Waals surface area contributed by atoms with Crippen LogP contribution in [0.15, 0.2) is 60.0 Å². The Morgan fingerprint density at radius 3 is 2.21 bits per heavy atom. The Balaban J connectivity index is 2.11. The summed E-state index contributed by atoms with van der Waals surface area (Å²) in [4.78, 5) is 0. The minimum atomic E-state index is -3.60. The first-order chi connectivity index (χ1) is 9.05. The van der Waals surface area contributed by atoms with Crippen molar-refractivity contribution >= 4 is 21.8 Å². The number of halogens is 1. The van der Waals surface area contributed by atoms with E-state index < -0.39 is 15.8 Å². The van der Waals surface area contributed by atoms with Gasteiger partial charge in [0.2, 0.25) is 0 Å². The highest BCUT2D eigenvalue weighted by molar-refractivity contribution is 7.95. The molecule has 3 nitrogen and oxygen atoms in total. The third-order valence-corrected chi connectivity index (χ3v) is 3.36. The van der Waals surface area contributed by atoms with Crippen LogP contribution in [0.3, 0.4) is 0 Å². The molecule has 0 atom stereocenters. The Morgan fingerprint density at radius 1 is 0.947 bits per heavy atom. The molecule has 19 heavy (non-hydrogen) atoms. The monoisotopic (exact) mass is 277 g/mol. The third kappa shape index (κ3) is 4.22. The van der Waals surface area contributed by atoms with E-state index in [1.54, 1.807) is 12.1 Å². The van der Waals surface area contributed by atoms with E-state index in [2.05, 4.69) is 4.72 Å². The first-order valence-corrected chi connectivity index (χ1v) is 7.11. The summed E-state index contributed by atoms with van der Waals surface area (Å²) in [5.74, 6) is -0.414. The summed E-state index contributed by atoms with van der Waals surface area (Å²) >= 11 is 0. The smallest absolute Gasteiger partial charge is 0.255 e. The van der Waals surface area contributed by atoms with Crippen molar-refractivity contribution in [1.29, 1.82) is 0 Å². The molecule has 0 saturated heterocycles. The van der Waals surface area contributed by atoms with Crippen molar-refractivity contribution in [2.45, 2.75) is 0 Å². The largest absolute Gasteiger partial charge is 0.280 e. The van der Waals surface area contributed by atoms with Gasteiger partial charge in [0, 0.05) is 5.69 Å². The van der Waals surface area contributed by atoms with E-state index in [1.165, 1.54) is 30.3 Å². The number of sulfonamides is 1. The summed E-state index contributed by atoms with van der Waals surface area (Å²) in [6.45, 7) is 0. The maximum absolute atomic E-state index is 12.7. The molecular weight excluding hydrogens is 265 g/mol. The summed E-state index contributed by atoms with van der Waals surface area (Å²) in [5.41, 5.74) is 1.10. The first kappa shape index (κ1) is 13.3. The molecule has 0 radical (unpaired) electrons. The number of hydrogen-bond acceptors (Lipinski definition) is 2. The molecule has 0 heterocycles. The van der Waals surface area contributed by atoms with E-state index in [4.69, 9.17) is 0 Å². The summed E-state index contributed by atoms with van der Waals surface area (Å²) < 4.78 is 38.6.